The number of hydrogen-bond donors (Lipinski definition) is 1. The second-order valence-corrected chi connectivity index (χ2v) is 1.15. The van der Waals surface area contributed by atoms with E-state index >= 15 is 0 Å². The topological polar surface area (TPSA) is 43.8 Å². The Bertz CT molecular complexity index is 460. The zero-order valence-corrected chi connectivity index (χ0v) is 4.47. The molecule has 0 aromatic carbocycles. The summed E-state index contributed by atoms with van der Waals surface area (Å²) < 4.78 is 66.3. The van der Waals surface area contributed by atoms with E-state index in [4.69, 9.17) is 18.1 Å². The molecule has 1 rings (SSSR count). The molecule has 0 fully saturated rings. The molecule has 0 amide bonds. The van der Waals surface area contributed by atoms with Crippen LogP contribution < -0.4 is 5.73 Å². The molecule has 50 valence electrons. The van der Waals surface area contributed by atoms with Gasteiger partial charge in [-0.1, -0.05) is 0 Å². The fourth-order valence-corrected chi connectivity index (χ4v) is 0.316. The molecule has 1 heterocycles. The Balaban J connectivity index is 3.47. The van der Waals surface area contributed by atoms with Gasteiger partial charge in [0.15, 0.2) is 0 Å². The van der Waals surface area contributed by atoms with Crippen LogP contribution in [0.3, 0.4) is 0 Å². The van der Waals surface area contributed by atoms with Crippen LogP contribution in [0.5, 0.6) is 0 Å². The van der Waals surface area contributed by atoms with Crippen molar-refractivity contribution in [1.29, 1.82) is 0 Å². The average Bonchev–Trinajstić information content (AvgIpc) is 2.38. The second-order valence-electron chi connectivity index (χ2n) is 1.15. The maximum atomic E-state index is 7.59. The van der Waals surface area contributed by atoms with Crippen LogP contribution in [0.15, 0.2) is 18.6 Å². The van der Waals surface area contributed by atoms with E-state index in [2.05, 4.69) is 4.98 Å². The highest BCUT2D eigenvalue weighted by Crippen LogP contribution is 1.87. The third kappa shape index (κ3) is 1.85. The summed E-state index contributed by atoms with van der Waals surface area (Å²) in [6.07, 6.45) is -5.59. The Morgan fingerprint density at radius 3 is 3.33 bits per heavy atom. The number of imidazole rings is 1. The van der Waals surface area contributed by atoms with Gasteiger partial charge in [-0.2, -0.15) is 0 Å². The van der Waals surface area contributed by atoms with Crippen LogP contribution in [0.1, 0.15) is 18.7 Å². The molecule has 0 bridgehead atoms. The molecule has 1 aromatic heterocycles. The first-order valence-corrected chi connectivity index (χ1v) is 2.16. The predicted octanol–water partition coefficient (Wildman–Crippen LogP) is 0.232. The molecule has 0 aliphatic heterocycles. The van der Waals surface area contributed by atoms with E-state index in [9.17, 15) is 0 Å². The van der Waals surface area contributed by atoms with E-state index in [1.807, 2.05) is 0 Å². The number of aromatic nitrogens is 2. The molecule has 0 spiro atoms. The smallest absolute Gasteiger partial charge is 0.104 e. The van der Waals surface area contributed by atoms with Gasteiger partial charge in [0.05, 0.1) is 9.04 Å². The van der Waals surface area contributed by atoms with E-state index in [1.54, 1.807) is 0 Å². The van der Waals surface area contributed by atoms with Crippen LogP contribution in [0.2, 0.25) is 0 Å². The molecule has 9 heavy (non-hydrogen) atoms. The molecule has 1 aromatic rings. The average molecular weight is 134 g/mol. The summed E-state index contributed by atoms with van der Waals surface area (Å²) in [4.78, 5) is 3.21. The van der Waals surface area contributed by atoms with Gasteiger partial charge in [-0.25, -0.2) is 4.98 Å². The largest absolute Gasteiger partial charge is 0.337 e. The van der Waals surface area contributed by atoms with Gasteiger partial charge < -0.3 is 10.3 Å². The molecule has 3 nitrogen and oxygen atoms in total. The Labute approximate surface area is 67.1 Å². The third-order valence-corrected chi connectivity index (χ3v) is 0.608. The lowest BCUT2D eigenvalue weighted by atomic mass is 10.4. The monoisotopic (exact) mass is 134 g/mol. The van der Waals surface area contributed by atoms with E-state index in [-0.39, 0.29) is 4.57 Å². The van der Waals surface area contributed by atoms with Crippen LogP contribution in [-0.2, 0) is 6.50 Å². The van der Waals surface area contributed by atoms with Gasteiger partial charge in [-0.05, 0) is 12.9 Å². The van der Waals surface area contributed by atoms with Crippen LogP contribution >= 0.6 is 0 Å². The molecule has 0 radical (unpaired) electrons. The molecule has 0 unspecified atom stereocenters. The Kier molecular flexibility index (Phi) is 0.514. The molecule has 0 saturated carbocycles. The van der Waals surface area contributed by atoms with Gasteiger partial charge in [0.2, 0.25) is 0 Å². The van der Waals surface area contributed by atoms with Crippen molar-refractivity contribution < 1.29 is 12.3 Å². The molecule has 0 aliphatic rings. The predicted molar refractivity (Wildman–Crippen MR) is 35.9 cm³/mol. The first-order valence-electron chi connectivity index (χ1n) is 6.66. The highest BCUT2D eigenvalue weighted by molar-refractivity contribution is 4.73. The highest BCUT2D eigenvalue weighted by atomic mass is 15.0. The fourth-order valence-electron chi connectivity index (χ4n) is 0.316. The molecule has 0 aliphatic carbocycles. The second kappa shape index (κ2) is 3.25. The quantitative estimate of drug-likeness (QED) is 0.643. The summed E-state index contributed by atoms with van der Waals surface area (Å²) in [6.45, 7) is -6.17. The van der Waals surface area contributed by atoms with Crippen molar-refractivity contribution in [2.45, 2.75) is 12.9 Å². The lowest BCUT2D eigenvalue weighted by molar-refractivity contribution is 0.650. The highest BCUT2D eigenvalue weighted by Gasteiger charge is 1.85. The van der Waals surface area contributed by atoms with Crippen LogP contribution in [-0.4, -0.2) is 16.0 Å². The summed E-state index contributed by atoms with van der Waals surface area (Å²) in [6, 6.07) is 0. The molecular formula is C6H11N3. The van der Waals surface area contributed by atoms with Crippen molar-refractivity contribution in [2.24, 2.45) is 5.73 Å². The van der Waals surface area contributed by atoms with Gasteiger partial charge in [-0.3, -0.25) is 0 Å². The lowest BCUT2D eigenvalue weighted by Crippen LogP contribution is -2.03. The minimum absolute atomic E-state index is 0.194. The Morgan fingerprint density at radius 1 is 1.89 bits per heavy atom. The standard InChI is InChI=1S/C6H11N3/c7-2-1-4-9-5-3-8-6-9/h3,5-6H,1-2,4,7H2/i1D2,2D2,3D,4D2,5D,6D. The summed E-state index contributed by atoms with van der Waals surface area (Å²) in [5.41, 5.74) is 4.96. The summed E-state index contributed by atoms with van der Waals surface area (Å²) in [5, 5.41) is 0. The number of rotatable bonds is 3. The van der Waals surface area contributed by atoms with E-state index < -0.39 is 38.0 Å². The summed E-state index contributed by atoms with van der Waals surface area (Å²) in [5.74, 6) is 0. The van der Waals surface area contributed by atoms with Crippen molar-refractivity contribution in [3.05, 3.63) is 18.6 Å². The first kappa shape index (κ1) is 1.42. The van der Waals surface area contributed by atoms with Crippen molar-refractivity contribution in [3.8, 4) is 0 Å². The van der Waals surface area contributed by atoms with Crippen molar-refractivity contribution in [2.75, 3.05) is 6.50 Å². The van der Waals surface area contributed by atoms with Gasteiger partial charge >= 0.3 is 0 Å². The minimum atomic E-state index is -3.22. The van der Waals surface area contributed by atoms with Gasteiger partial charge in [-0.15, -0.1) is 0 Å². The number of nitrogens with zero attached hydrogens (tertiary/aromatic N) is 2. The molecule has 0 atom stereocenters. The van der Waals surface area contributed by atoms with Crippen LogP contribution in [0, 0.1) is 0 Å². The summed E-state index contributed by atoms with van der Waals surface area (Å²) >= 11 is 0. The zero-order valence-electron chi connectivity index (χ0n) is 13.5. The zero-order chi connectivity index (χ0) is 14.5. The van der Waals surface area contributed by atoms with E-state index in [0.717, 1.165) is 0 Å². The SMILES string of the molecule is [2H]c1nc([2H])n(C([2H])([2H])C([2H])([2H])C([2H])([2H])N)c1[2H]. The van der Waals surface area contributed by atoms with Crippen LogP contribution in [0.4, 0.5) is 0 Å². The number of nitrogens with two attached hydrogens (primary N) is 1. The molecule has 3 heteroatoms. The van der Waals surface area contributed by atoms with Crippen LogP contribution in [0.25, 0.3) is 0 Å². The molecule has 0 saturated heterocycles. The molecular weight excluding hydrogens is 114 g/mol. The van der Waals surface area contributed by atoms with Crippen molar-refractivity contribution >= 4 is 0 Å². The Hall–Kier alpha value is -0.830. The lowest BCUT2D eigenvalue weighted by Gasteiger charge is -1.96. The van der Waals surface area contributed by atoms with Crippen molar-refractivity contribution in [1.82, 2.24) is 9.55 Å². The van der Waals surface area contributed by atoms with Crippen molar-refractivity contribution in [3.63, 3.8) is 0 Å². The van der Waals surface area contributed by atoms with Gasteiger partial charge in [0.25, 0.3) is 0 Å². The first-order chi connectivity index (χ1) is 7.84. The normalized spacial score (nSPS) is 29.2. The minimum Gasteiger partial charge on any atom is -0.337 e. The van der Waals surface area contributed by atoms with E-state index in [0.29, 0.717) is 0 Å². The number of hydrogen-bond acceptors (Lipinski definition) is 2. The Morgan fingerprint density at radius 2 is 2.78 bits per heavy atom. The third-order valence-electron chi connectivity index (χ3n) is 0.608. The van der Waals surface area contributed by atoms with Gasteiger partial charge in [0.1, 0.15) is 1.37 Å². The van der Waals surface area contributed by atoms with E-state index in [1.165, 1.54) is 0 Å². The van der Waals surface area contributed by atoms with Gasteiger partial charge in [0, 0.05) is 27.1 Å². The fraction of sp³-hybridized carbons (Fsp3) is 0.500. The maximum Gasteiger partial charge on any atom is 0.104 e. The summed E-state index contributed by atoms with van der Waals surface area (Å²) in [7, 11) is 0. The molecule has 2 N–H and O–H groups in total. The maximum absolute atomic E-state index is 7.59.